The van der Waals surface area contributed by atoms with E-state index in [1.165, 1.54) is 35.2 Å². The zero-order valence-corrected chi connectivity index (χ0v) is 27.0. The van der Waals surface area contributed by atoms with Gasteiger partial charge in [-0.3, -0.25) is 13.9 Å². The summed E-state index contributed by atoms with van der Waals surface area (Å²) in [6, 6.07) is 30.4. The molecule has 0 bridgehead atoms. The Morgan fingerprint density at radius 2 is 1.36 bits per heavy atom. The van der Waals surface area contributed by atoms with Crippen LogP contribution in [-0.4, -0.2) is 43.8 Å². The fourth-order valence-corrected chi connectivity index (χ4v) is 7.31. The quantitative estimate of drug-likeness (QED) is 0.179. The number of carbonyl (C=O) groups excluding carboxylic acids is 2. The van der Waals surface area contributed by atoms with E-state index in [-0.39, 0.29) is 45.5 Å². The van der Waals surface area contributed by atoms with Crippen LogP contribution in [0.25, 0.3) is 0 Å². The smallest absolute Gasteiger partial charge is 0.264 e. The molecule has 4 aromatic carbocycles. The fourth-order valence-electron chi connectivity index (χ4n) is 5.59. The van der Waals surface area contributed by atoms with Gasteiger partial charge in [-0.1, -0.05) is 115 Å². The number of hydrogen-bond donors (Lipinski definition) is 1. The molecule has 1 fully saturated rings. The molecule has 1 atom stereocenters. The standard InChI is InChI=1S/C35H35Cl2N3O4S/c36-31-21-20-29(23-32(31)37)40(45(43,44)30-18-8-3-9-19-30)25-34(41)39(24-27-14-6-2-7-15-27)33(22-26-12-4-1-5-13-26)35(42)38-28-16-10-11-17-28/h1-9,12-15,18-21,23,28,33H,10-11,16-17,22,24-25H2,(H,38,42)/t33-/m0/s1. The van der Waals surface area contributed by atoms with Crippen LogP contribution in [0.2, 0.25) is 10.0 Å². The van der Waals surface area contributed by atoms with Crippen LogP contribution in [0.4, 0.5) is 5.69 Å². The number of rotatable bonds is 12. The van der Waals surface area contributed by atoms with E-state index in [9.17, 15) is 18.0 Å². The highest BCUT2D eigenvalue weighted by molar-refractivity contribution is 7.92. The van der Waals surface area contributed by atoms with Crippen molar-refractivity contribution in [3.05, 3.63) is 130 Å². The zero-order chi connectivity index (χ0) is 31.8. The first-order chi connectivity index (χ1) is 21.7. The summed E-state index contributed by atoms with van der Waals surface area (Å²) < 4.78 is 29.2. The van der Waals surface area contributed by atoms with Crippen LogP contribution in [0, 0.1) is 0 Å². The molecule has 0 spiro atoms. The Hall–Kier alpha value is -3.85. The van der Waals surface area contributed by atoms with Gasteiger partial charge in [0.25, 0.3) is 10.0 Å². The first kappa shape index (κ1) is 32.5. The lowest BCUT2D eigenvalue weighted by molar-refractivity contribution is -0.140. The number of nitrogens with zero attached hydrogens (tertiary/aromatic N) is 2. The van der Waals surface area contributed by atoms with E-state index in [0.717, 1.165) is 41.1 Å². The summed E-state index contributed by atoms with van der Waals surface area (Å²) >= 11 is 12.5. The third kappa shape index (κ3) is 8.25. The van der Waals surface area contributed by atoms with Crippen molar-refractivity contribution in [2.75, 3.05) is 10.8 Å². The molecule has 0 unspecified atom stereocenters. The number of nitrogens with one attached hydrogen (secondary N) is 1. The Bertz CT molecular complexity index is 1700. The summed E-state index contributed by atoms with van der Waals surface area (Å²) in [5.41, 5.74) is 1.87. The third-order valence-electron chi connectivity index (χ3n) is 7.97. The summed E-state index contributed by atoms with van der Waals surface area (Å²) in [6.45, 7) is -0.458. The normalized spacial score (nSPS) is 14.1. The zero-order valence-electron chi connectivity index (χ0n) is 24.7. The highest BCUT2D eigenvalue weighted by atomic mass is 35.5. The summed E-state index contributed by atoms with van der Waals surface area (Å²) in [5, 5.41) is 3.58. The number of hydrogen-bond acceptors (Lipinski definition) is 4. The predicted octanol–water partition coefficient (Wildman–Crippen LogP) is 6.89. The van der Waals surface area contributed by atoms with Gasteiger partial charge in [0.1, 0.15) is 12.6 Å². The molecule has 2 amide bonds. The largest absolute Gasteiger partial charge is 0.352 e. The molecule has 0 aromatic heterocycles. The van der Waals surface area contributed by atoms with Crippen LogP contribution in [0.5, 0.6) is 0 Å². The Labute approximate surface area is 274 Å². The number of benzene rings is 4. The number of sulfonamides is 1. The van der Waals surface area contributed by atoms with Crippen LogP contribution in [0.3, 0.4) is 0 Å². The van der Waals surface area contributed by atoms with Gasteiger partial charge in [0.05, 0.1) is 20.6 Å². The van der Waals surface area contributed by atoms with Gasteiger partial charge in [-0.25, -0.2) is 8.42 Å². The minimum Gasteiger partial charge on any atom is -0.352 e. The molecule has 234 valence electrons. The van der Waals surface area contributed by atoms with Gasteiger partial charge in [-0.05, 0) is 54.3 Å². The van der Waals surface area contributed by atoms with E-state index in [1.54, 1.807) is 18.2 Å². The van der Waals surface area contributed by atoms with Crippen molar-refractivity contribution < 1.29 is 18.0 Å². The molecule has 1 aliphatic rings. The fraction of sp³-hybridized carbons (Fsp3) is 0.257. The van der Waals surface area contributed by atoms with Crippen molar-refractivity contribution in [2.24, 2.45) is 0 Å². The van der Waals surface area contributed by atoms with Gasteiger partial charge in [0.15, 0.2) is 0 Å². The van der Waals surface area contributed by atoms with E-state index in [4.69, 9.17) is 23.2 Å². The van der Waals surface area contributed by atoms with E-state index in [1.807, 2.05) is 60.7 Å². The first-order valence-corrected chi connectivity index (χ1v) is 17.1. The van der Waals surface area contributed by atoms with Gasteiger partial charge in [-0.15, -0.1) is 0 Å². The molecule has 0 heterocycles. The molecule has 5 rings (SSSR count). The lowest BCUT2D eigenvalue weighted by Gasteiger charge is -2.34. The van der Waals surface area contributed by atoms with Crippen LogP contribution in [0.1, 0.15) is 36.8 Å². The average Bonchev–Trinajstić information content (AvgIpc) is 3.57. The maximum absolute atomic E-state index is 14.5. The third-order valence-corrected chi connectivity index (χ3v) is 10.5. The minimum atomic E-state index is -4.23. The van der Waals surface area contributed by atoms with Crippen LogP contribution >= 0.6 is 23.2 Å². The molecule has 0 aliphatic heterocycles. The number of halogens is 2. The van der Waals surface area contributed by atoms with Gasteiger partial charge < -0.3 is 10.2 Å². The van der Waals surface area contributed by atoms with E-state index in [0.29, 0.717) is 0 Å². The van der Waals surface area contributed by atoms with Crippen molar-refractivity contribution >= 4 is 50.7 Å². The van der Waals surface area contributed by atoms with Crippen molar-refractivity contribution in [2.45, 2.75) is 55.6 Å². The van der Waals surface area contributed by atoms with Gasteiger partial charge in [-0.2, -0.15) is 0 Å². The van der Waals surface area contributed by atoms with Crippen LogP contribution in [-0.2, 0) is 32.6 Å². The summed E-state index contributed by atoms with van der Waals surface area (Å²) in [7, 11) is -4.23. The summed E-state index contributed by atoms with van der Waals surface area (Å²) in [6.07, 6.45) is 4.11. The lowest BCUT2D eigenvalue weighted by atomic mass is 10.0. The predicted molar refractivity (Wildman–Crippen MR) is 179 cm³/mol. The second kappa shape index (κ2) is 15.0. The number of anilines is 1. The van der Waals surface area contributed by atoms with Crippen LogP contribution in [0.15, 0.2) is 114 Å². The average molecular weight is 665 g/mol. The van der Waals surface area contributed by atoms with Gasteiger partial charge in [0.2, 0.25) is 11.8 Å². The molecule has 4 aromatic rings. The molecular weight excluding hydrogens is 629 g/mol. The Morgan fingerprint density at radius 1 is 0.778 bits per heavy atom. The number of amides is 2. The molecule has 45 heavy (non-hydrogen) atoms. The summed E-state index contributed by atoms with van der Waals surface area (Å²) in [4.78, 5) is 30.1. The highest BCUT2D eigenvalue weighted by Gasteiger charge is 2.35. The molecule has 0 saturated heterocycles. The maximum Gasteiger partial charge on any atom is 0.264 e. The second-order valence-corrected chi connectivity index (χ2v) is 13.8. The van der Waals surface area contributed by atoms with E-state index >= 15 is 0 Å². The van der Waals surface area contributed by atoms with Crippen LogP contribution < -0.4 is 9.62 Å². The second-order valence-electron chi connectivity index (χ2n) is 11.1. The Morgan fingerprint density at radius 3 is 1.96 bits per heavy atom. The molecule has 1 saturated carbocycles. The van der Waals surface area contributed by atoms with Crippen molar-refractivity contribution in [1.82, 2.24) is 10.2 Å². The summed E-state index contributed by atoms with van der Waals surface area (Å²) in [5.74, 6) is -0.797. The lowest BCUT2D eigenvalue weighted by Crippen LogP contribution is -2.54. The molecule has 10 heteroatoms. The van der Waals surface area contributed by atoms with Crippen molar-refractivity contribution in [3.63, 3.8) is 0 Å². The molecule has 0 radical (unpaired) electrons. The van der Waals surface area contributed by atoms with E-state index in [2.05, 4.69) is 5.32 Å². The molecule has 1 aliphatic carbocycles. The van der Waals surface area contributed by atoms with Gasteiger partial charge in [0, 0.05) is 19.0 Å². The topological polar surface area (TPSA) is 86.8 Å². The molecular formula is C35H35Cl2N3O4S. The van der Waals surface area contributed by atoms with E-state index < -0.39 is 28.5 Å². The Kier molecular flexibility index (Phi) is 10.8. The number of carbonyl (C=O) groups is 2. The molecule has 7 nitrogen and oxygen atoms in total. The Balaban J connectivity index is 1.56. The van der Waals surface area contributed by atoms with Crippen molar-refractivity contribution in [3.8, 4) is 0 Å². The monoisotopic (exact) mass is 663 g/mol. The highest BCUT2D eigenvalue weighted by Crippen LogP contribution is 2.31. The van der Waals surface area contributed by atoms with Crippen molar-refractivity contribution in [1.29, 1.82) is 0 Å². The first-order valence-electron chi connectivity index (χ1n) is 14.9. The van der Waals surface area contributed by atoms with Gasteiger partial charge >= 0.3 is 0 Å². The minimum absolute atomic E-state index is 0.0123. The maximum atomic E-state index is 14.5. The molecule has 1 N–H and O–H groups in total. The SMILES string of the molecule is O=C(NC1CCCC1)[C@H](Cc1ccccc1)N(Cc1ccccc1)C(=O)CN(c1ccc(Cl)c(Cl)c1)S(=O)(=O)c1ccccc1.